The Hall–Kier alpha value is -2.29. The second-order valence-corrected chi connectivity index (χ2v) is 4.28. The molecule has 0 radical (unpaired) electrons. The lowest BCUT2D eigenvalue weighted by Gasteiger charge is -2.17. The number of rotatable bonds is 4. The molecule has 1 aromatic rings. The standard InChI is InChI=1S/C15H14F3NO2/c1-3-13(12-6-4-11(8-19)5-7-12)14(15(16,17)18)9-21-10(2)20/h4-7H,3,9H2,1-2H3/b14-13+. The molecule has 112 valence electrons. The van der Waals surface area contributed by atoms with Gasteiger partial charge in [-0.25, -0.2) is 0 Å². The van der Waals surface area contributed by atoms with E-state index in [0.717, 1.165) is 6.92 Å². The first-order valence-corrected chi connectivity index (χ1v) is 6.22. The average Bonchev–Trinajstić information content (AvgIpc) is 2.42. The third-order valence-corrected chi connectivity index (χ3v) is 2.84. The number of benzene rings is 1. The average molecular weight is 297 g/mol. The molecule has 0 unspecified atom stereocenters. The van der Waals surface area contributed by atoms with Crippen LogP contribution in [0.5, 0.6) is 0 Å². The van der Waals surface area contributed by atoms with Crippen LogP contribution in [0.15, 0.2) is 29.8 Å². The van der Waals surface area contributed by atoms with E-state index < -0.39 is 24.3 Å². The number of nitrogens with zero attached hydrogens (tertiary/aromatic N) is 1. The molecule has 0 bridgehead atoms. The van der Waals surface area contributed by atoms with Crippen molar-refractivity contribution >= 4 is 11.5 Å². The first-order valence-electron chi connectivity index (χ1n) is 6.22. The van der Waals surface area contributed by atoms with Crippen molar-refractivity contribution in [1.82, 2.24) is 0 Å². The fourth-order valence-corrected chi connectivity index (χ4v) is 1.85. The number of carbonyl (C=O) groups is 1. The number of halogens is 3. The number of esters is 1. The highest BCUT2D eigenvalue weighted by Crippen LogP contribution is 2.34. The molecule has 1 aromatic carbocycles. The summed E-state index contributed by atoms with van der Waals surface area (Å²) in [6, 6.07) is 7.71. The summed E-state index contributed by atoms with van der Waals surface area (Å²) >= 11 is 0. The highest BCUT2D eigenvalue weighted by atomic mass is 19.4. The summed E-state index contributed by atoms with van der Waals surface area (Å²) < 4.78 is 43.9. The van der Waals surface area contributed by atoms with E-state index in [1.54, 1.807) is 6.92 Å². The summed E-state index contributed by atoms with van der Waals surface area (Å²) in [5.74, 6) is -0.771. The van der Waals surface area contributed by atoms with Gasteiger partial charge >= 0.3 is 12.1 Å². The minimum absolute atomic E-state index is 0.0493. The van der Waals surface area contributed by atoms with E-state index in [9.17, 15) is 18.0 Å². The van der Waals surface area contributed by atoms with Crippen LogP contribution in [0.1, 0.15) is 31.4 Å². The van der Waals surface area contributed by atoms with Crippen molar-refractivity contribution in [3.8, 4) is 6.07 Å². The van der Waals surface area contributed by atoms with Gasteiger partial charge in [-0.1, -0.05) is 19.1 Å². The number of hydrogen-bond donors (Lipinski definition) is 0. The van der Waals surface area contributed by atoms with Crippen molar-refractivity contribution in [3.05, 3.63) is 41.0 Å². The van der Waals surface area contributed by atoms with E-state index in [-0.39, 0.29) is 12.0 Å². The van der Waals surface area contributed by atoms with Crippen molar-refractivity contribution < 1.29 is 22.7 Å². The Morgan fingerprint density at radius 1 is 1.29 bits per heavy atom. The molecule has 0 N–H and O–H groups in total. The maximum absolute atomic E-state index is 13.1. The van der Waals surface area contributed by atoms with Crippen molar-refractivity contribution in [2.45, 2.75) is 26.4 Å². The number of alkyl halides is 3. The van der Waals surface area contributed by atoms with Gasteiger partial charge in [0.05, 0.1) is 17.2 Å². The number of ether oxygens (including phenoxy) is 1. The highest BCUT2D eigenvalue weighted by molar-refractivity contribution is 5.71. The second kappa shape index (κ2) is 6.93. The van der Waals surface area contributed by atoms with Crippen molar-refractivity contribution in [1.29, 1.82) is 5.26 Å². The molecule has 6 heteroatoms. The van der Waals surface area contributed by atoms with Crippen LogP contribution in [-0.4, -0.2) is 18.8 Å². The Labute approximate surface area is 120 Å². The van der Waals surface area contributed by atoms with E-state index >= 15 is 0 Å². The maximum atomic E-state index is 13.1. The molecule has 1 rings (SSSR count). The van der Waals surface area contributed by atoms with Crippen LogP contribution in [0.3, 0.4) is 0 Å². The molecule has 0 spiro atoms. The SMILES string of the molecule is CC/C(=C(/COC(C)=O)C(F)(F)F)c1ccc(C#N)cc1. The molecule has 0 amide bonds. The van der Waals surface area contributed by atoms with Gasteiger partial charge in [0.25, 0.3) is 0 Å². The molecule has 0 fully saturated rings. The number of allylic oxidation sites excluding steroid dienone is 1. The second-order valence-electron chi connectivity index (χ2n) is 4.28. The molecule has 3 nitrogen and oxygen atoms in total. The van der Waals surface area contributed by atoms with Gasteiger partial charge in [-0.3, -0.25) is 4.79 Å². The Balaban J connectivity index is 3.29. The minimum Gasteiger partial charge on any atom is -0.461 e. The zero-order chi connectivity index (χ0) is 16.0. The fraction of sp³-hybridized carbons (Fsp3) is 0.333. The number of carbonyl (C=O) groups excluding carboxylic acids is 1. The normalized spacial score (nSPS) is 12.4. The lowest BCUT2D eigenvalue weighted by atomic mass is 9.96. The number of hydrogen-bond acceptors (Lipinski definition) is 3. The van der Waals surface area contributed by atoms with E-state index in [4.69, 9.17) is 5.26 Å². The van der Waals surface area contributed by atoms with Gasteiger partial charge in [-0.15, -0.1) is 0 Å². The fourth-order valence-electron chi connectivity index (χ4n) is 1.85. The largest absolute Gasteiger partial charge is 0.461 e. The third kappa shape index (κ3) is 4.63. The monoisotopic (exact) mass is 297 g/mol. The molecule has 0 aliphatic carbocycles. The molecule has 0 aliphatic rings. The van der Waals surface area contributed by atoms with Crippen molar-refractivity contribution in [2.75, 3.05) is 6.61 Å². The predicted octanol–water partition coefficient (Wildman–Crippen LogP) is 3.85. The molecule has 0 aromatic heterocycles. The Morgan fingerprint density at radius 3 is 2.24 bits per heavy atom. The van der Waals surface area contributed by atoms with Crippen LogP contribution in [0.25, 0.3) is 5.57 Å². The molecule has 0 saturated heterocycles. The maximum Gasteiger partial charge on any atom is 0.416 e. The van der Waals surface area contributed by atoms with E-state index in [0.29, 0.717) is 11.1 Å². The molecule has 0 saturated carbocycles. The smallest absolute Gasteiger partial charge is 0.416 e. The lowest BCUT2D eigenvalue weighted by Crippen LogP contribution is -2.20. The summed E-state index contributed by atoms with van der Waals surface area (Å²) in [4.78, 5) is 10.8. The molecule has 21 heavy (non-hydrogen) atoms. The predicted molar refractivity (Wildman–Crippen MR) is 71.1 cm³/mol. The van der Waals surface area contributed by atoms with Crippen LogP contribution in [0.4, 0.5) is 13.2 Å². The van der Waals surface area contributed by atoms with Gasteiger partial charge in [0.15, 0.2) is 0 Å². The topological polar surface area (TPSA) is 50.1 Å². The van der Waals surface area contributed by atoms with Gasteiger partial charge in [0.2, 0.25) is 0 Å². The van der Waals surface area contributed by atoms with Gasteiger partial charge in [-0.2, -0.15) is 18.4 Å². The lowest BCUT2D eigenvalue weighted by molar-refractivity contribution is -0.143. The van der Waals surface area contributed by atoms with E-state index in [1.807, 2.05) is 6.07 Å². The van der Waals surface area contributed by atoms with E-state index in [1.165, 1.54) is 24.3 Å². The summed E-state index contributed by atoms with van der Waals surface area (Å²) in [6.45, 7) is 1.83. The van der Waals surface area contributed by atoms with Gasteiger partial charge in [0.1, 0.15) is 6.61 Å². The minimum atomic E-state index is -4.59. The van der Waals surface area contributed by atoms with Gasteiger partial charge in [0, 0.05) is 6.92 Å². The summed E-state index contributed by atoms with van der Waals surface area (Å²) in [5, 5.41) is 8.71. The van der Waals surface area contributed by atoms with Crippen LogP contribution >= 0.6 is 0 Å². The molecular formula is C15H14F3NO2. The van der Waals surface area contributed by atoms with Crippen LogP contribution < -0.4 is 0 Å². The summed E-state index contributed by atoms with van der Waals surface area (Å²) in [7, 11) is 0. The van der Waals surface area contributed by atoms with Crippen LogP contribution in [0.2, 0.25) is 0 Å². The summed E-state index contributed by atoms with van der Waals surface area (Å²) in [6.07, 6.45) is -4.46. The Morgan fingerprint density at radius 2 is 1.86 bits per heavy atom. The third-order valence-electron chi connectivity index (χ3n) is 2.84. The highest BCUT2D eigenvalue weighted by Gasteiger charge is 2.36. The van der Waals surface area contributed by atoms with Crippen LogP contribution in [-0.2, 0) is 9.53 Å². The van der Waals surface area contributed by atoms with Crippen LogP contribution in [0, 0.1) is 11.3 Å². The first kappa shape index (κ1) is 16.8. The quantitative estimate of drug-likeness (QED) is 0.793. The Bertz CT molecular complexity index is 580. The zero-order valence-electron chi connectivity index (χ0n) is 11.6. The first-order chi connectivity index (χ1) is 9.79. The summed E-state index contributed by atoms with van der Waals surface area (Å²) in [5.41, 5.74) is -0.114. The molecule has 0 atom stereocenters. The Kier molecular flexibility index (Phi) is 5.53. The van der Waals surface area contributed by atoms with Crippen molar-refractivity contribution in [3.63, 3.8) is 0 Å². The van der Waals surface area contributed by atoms with Gasteiger partial charge in [-0.05, 0) is 29.7 Å². The number of nitriles is 1. The molecule has 0 aliphatic heterocycles. The molecular weight excluding hydrogens is 283 g/mol. The zero-order valence-corrected chi connectivity index (χ0v) is 11.6. The van der Waals surface area contributed by atoms with Crippen molar-refractivity contribution in [2.24, 2.45) is 0 Å². The van der Waals surface area contributed by atoms with E-state index in [2.05, 4.69) is 4.74 Å². The van der Waals surface area contributed by atoms with Gasteiger partial charge < -0.3 is 4.74 Å². The molecule has 0 heterocycles.